The number of nitrogens with one attached hydrogen (secondary N) is 2. The number of hydrogen-bond acceptors (Lipinski definition) is 6. The zero-order chi connectivity index (χ0) is 18.9. The summed E-state index contributed by atoms with van der Waals surface area (Å²) in [5, 5.41) is 27.0. The molecular weight excluding hydrogens is 340 g/mol. The van der Waals surface area contributed by atoms with E-state index in [1.807, 2.05) is 0 Å². The van der Waals surface area contributed by atoms with Crippen LogP contribution in [0.15, 0.2) is 54.6 Å². The summed E-state index contributed by atoms with van der Waals surface area (Å²) < 4.78 is 0. The maximum Gasteiger partial charge on any atom is 0.292 e. The smallest absolute Gasteiger partial charge is 0.292 e. The lowest BCUT2D eigenvalue weighted by Gasteiger charge is -2.07. The summed E-state index contributed by atoms with van der Waals surface area (Å²) >= 11 is 0. The zero-order valence-corrected chi connectivity index (χ0v) is 13.6. The number of nitro benzene ring substituents is 2. The molecule has 26 heavy (non-hydrogen) atoms. The molecule has 0 aromatic heterocycles. The molecule has 2 N–H and O–H groups in total. The Hall–Kier alpha value is -3.75. The highest BCUT2D eigenvalue weighted by molar-refractivity contribution is 5.91. The third-order valence-electron chi connectivity index (χ3n) is 3.37. The maximum absolute atomic E-state index is 11.7. The van der Waals surface area contributed by atoms with Gasteiger partial charge in [-0.1, -0.05) is 12.1 Å². The van der Waals surface area contributed by atoms with E-state index in [2.05, 4.69) is 10.6 Å². The quantitative estimate of drug-likeness (QED) is 0.324. The number of hydrogen-bond donors (Lipinski definition) is 2. The minimum absolute atomic E-state index is 0.0207. The highest BCUT2D eigenvalue weighted by atomic mass is 16.6. The number of nitrogens with zero attached hydrogens (tertiary/aromatic N) is 2. The largest absolute Gasteiger partial charge is 0.378 e. The molecule has 0 aliphatic heterocycles. The van der Waals surface area contributed by atoms with Crippen LogP contribution in [-0.2, 0) is 4.79 Å². The summed E-state index contributed by atoms with van der Waals surface area (Å²) in [6, 6.07) is 12.0. The molecule has 0 saturated heterocycles. The number of para-hydroxylation sites is 2. The van der Waals surface area contributed by atoms with Gasteiger partial charge in [-0.15, -0.1) is 0 Å². The lowest BCUT2D eigenvalue weighted by molar-refractivity contribution is -0.384. The van der Waals surface area contributed by atoms with Crippen molar-refractivity contribution in [2.24, 2.45) is 0 Å². The molecule has 0 saturated carbocycles. The fourth-order valence-electron chi connectivity index (χ4n) is 2.10. The standard InChI is InChI=1S/C17H16N4O5/c22-17(10-7-13-5-8-14(9-6-13)20(23)24)19-12-11-18-15-3-1-2-4-16(15)21(25)26/h1-10,18H,11-12H2,(H,19,22)/b10-7+. The number of anilines is 1. The first-order valence-electron chi connectivity index (χ1n) is 7.65. The molecule has 0 atom stereocenters. The van der Waals surface area contributed by atoms with E-state index in [-0.39, 0.29) is 23.8 Å². The van der Waals surface area contributed by atoms with Crippen molar-refractivity contribution in [3.8, 4) is 0 Å². The van der Waals surface area contributed by atoms with E-state index >= 15 is 0 Å². The van der Waals surface area contributed by atoms with E-state index in [0.717, 1.165) is 0 Å². The number of carbonyl (C=O) groups is 1. The lowest BCUT2D eigenvalue weighted by atomic mass is 10.2. The predicted octanol–water partition coefficient (Wildman–Crippen LogP) is 2.74. The molecular formula is C17H16N4O5. The second-order valence-corrected chi connectivity index (χ2v) is 5.17. The average Bonchev–Trinajstić information content (AvgIpc) is 2.64. The van der Waals surface area contributed by atoms with Crippen molar-refractivity contribution in [2.45, 2.75) is 0 Å². The Morgan fingerprint density at radius 1 is 0.962 bits per heavy atom. The molecule has 0 unspecified atom stereocenters. The molecule has 2 aromatic carbocycles. The van der Waals surface area contributed by atoms with E-state index in [1.165, 1.54) is 42.5 Å². The third kappa shape index (κ3) is 5.41. The fraction of sp³-hybridized carbons (Fsp3) is 0.118. The molecule has 0 aliphatic carbocycles. The van der Waals surface area contributed by atoms with Crippen molar-refractivity contribution in [3.05, 3.63) is 80.4 Å². The Balaban J connectivity index is 1.78. The van der Waals surface area contributed by atoms with Gasteiger partial charge in [0, 0.05) is 37.4 Å². The van der Waals surface area contributed by atoms with Gasteiger partial charge in [0.1, 0.15) is 5.69 Å². The summed E-state index contributed by atoms with van der Waals surface area (Å²) in [4.78, 5) is 32.2. The van der Waals surface area contributed by atoms with Crippen LogP contribution in [0.2, 0.25) is 0 Å². The molecule has 0 bridgehead atoms. The maximum atomic E-state index is 11.7. The summed E-state index contributed by atoms with van der Waals surface area (Å²) in [6.45, 7) is 0.595. The number of amides is 1. The van der Waals surface area contributed by atoms with Crippen molar-refractivity contribution >= 4 is 29.0 Å². The van der Waals surface area contributed by atoms with Crippen LogP contribution in [0.5, 0.6) is 0 Å². The van der Waals surface area contributed by atoms with E-state index in [1.54, 1.807) is 18.2 Å². The van der Waals surface area contributed by atoms with Crippen molar-refractivity contribution in [1.29, 1.82) is 0 Å². The summed E-state index contributed by atoms with van der Waals surface area (Å²) in [5.74, 6) is -0.340. The predicted molar refractivity (Wildman–Crippen MR) is 96.7 cm³/mol. The molecule has 134 valence electrons. The third-order valence-corrected chi connectivity index (χ3v) is 3.37. The van der Waals surface area contributed by atoms with E-state index in [9.17, 15) is 25.0 Å². The Morgan fingerprint density at radius 2 is 1.65 bits per heavy atom. The first kappa shape index (κ1) is 18.6. The zero-order valence-electron chi connectivity index (χ0n) is 13.6. The number of rotatable bonds is 8. The molecule has 0 heterocycles. The van der Waals surface area contributed by atoms with Crippen LogP contribution in [0.3, 0.4) is 0 Å². The normalized spacial score (nSPS) is 10.5. The SMILES string of the molecule is O=C(/C=C/c1ccc([N+](=O)[O-])cc1)NCCNc1ccccc1[N+](=O)[O-]. The van der Waals surface area contributed by atoms with E-state index < -0.39 is 9.85 Å². The molecule has 0 spiro atoms. The van der Waals surface area contributed by atoms with Crippen molar-refractivity contribution < 1.29 is 14.6 Å². The number of non-ortho nitro benzene ring substituents is 1. The average molecular weight is 356 g/mol. The molecule has 9 heteroatoms. The van der Waals surface area contributed by atoms with Gasteiger partial charge >= 0.3 is 0 Å². The summed E-state index contributed by atoms with van der Waals surface area (Å²) in [6.07, 6.45) is 2.85. The van der Waals surface area contributed by atoms with Gasteiger partial charge in [0.2, 0.25) is 5.91 Å². The first-order chi connectivity index (χ1) is 12.5. The van der Waals surface area contributed by atoms with Gasteiger partial charge < -0.3 is 10.6 Å². The molecule has 9 nitrogen and oxygen atoms in total. The van der Waals surface area contributed by atoms with E-state index in [4.69, 9.17) is 0 Å². The van der Waals surface area contributed by atoms with Gasteiger partial charge in [0.25, 0.3) is 11.4 Å². The molecule has 0 aliphatic rings. The highest BCUT2D eigenvalue weighted by Gasteiger charge is 2.11. The van der Waals surface area contributed by atoms with Crippen LogP contribution in [0.1, 0.15) is 5.56 Å². The minimum atomic E-state index is -0.496. The number of nitro groups is 2. The van der Waals surface area contributed by atoms with E-state index in [0.29, 0.717) is 17.8 Å². The fourth-order valence-corrected chi connectivity index (χ4v) is 2.10. The van der Waals surface area contributed by atoms with Gasteiger partial charge in [0.15, 0.2) is 0 Å². The van der Waals surface area contributed by atoms with Crippen LogP contribution < -0.4 is 10.6 Å². The van der Waals surface area contributed by atoms with Crippen LogP contribution in [-0.4, -0.2) is 28.8 Å². The highest BCUT2D eigenvalue weighted by Crippen LogP contribution is 2.22. The molecule has 0 fully saturated rings. The van der Waals surface area contributed by atoms with Gasteiger partial charge in [-0.3, -0.25) is 25.0 Å². The molecule has 0 radical (unpaired) electrons. The molecule has 2 rings (SSSR count). The second kappa shape index (κ2) is 8.92. The van der Waals surface area contributed by atoms with Crippen molar-refractivity contribution in [2.75, 3.05) is 18.4 Å². The Kier molecular flexibility index (Phi) is 6.38. The van der Waals surface area contributed by atoms with Gasteiger partial charge in [-0.2, -0.15) is 0 Å². The van der Waals surface area contributed by atoms with Crippen molar-refractivity contribution in [1.82, 2.24) is 5.32 Å². The number of benzene rings is 2. The summed E-state index contributed by atoms with van der Waals surface area (Å²) in [5.41, 5.74) is 0.988. The van der Waals surface area contributed by atoms with Gasteiger partial charge in [-0.05, 0) is 29.8 Å². The first-order valence-corrected chi connectivity index (χ1v) is 7.65. The molecule has 2 aromatic rings. The minimum Gasteiger partial charge on any atom is -0.378 e. The number of carbonyl (C=O) groups excluding carboxylic acids is 1. The van der Waals surface area contributed by atoms with Gasteiger partial charge in [0.05, 0.1) is 9.85 Å². The summed E-state index contributed by atoms with van der Waals surface area (Å²) in [7, 11) is 0. The Bertz CT molecular complexity index is 833. The van der Waals surface area contributed by atoms with Crippen LogP contribution in [0, 0.1) is 20.2 Å². The van der Waals surface area contributed by atoms with Crippen LogP contribution >= 0.6 is 0 Å². The van der Waals surface area contributed by atoms with Crippen LogP contribution in [0.4, 0.5) is 17.1 Å². The second-order valence-electron chi connectivity index (χ2n) is 5.17. The molecule has 1 amide bonds. The van der Waals surface area contributed by atoms with Crippen molar-refractivity contribution in [3.63, 3.8) is 0 Å². The lowest BCUT2D eigenvalue weighted by Crippen LogP contribution is -2.27. The Morgan fingerprint density at radius 3 is 2.31 bits per heavy atom. The Labute approximate surface area is 148 Å². The van der Waals surface area contributed by atoms with Gasteiger partial charge in [-0.25, -0.2) is 0 Å². The monoisotopic (exact) mass is 356 g/mol. The van der Waals surface area contributed by atoms with Crippen LogP contribution in [0.25, 0.3) is 6.08 Å². The topological polar surface area (TPSA) is 127 Å².